The minimum absolute atomic E-state index is 0.327. The molecule has 2 atom stereocenters. The number of aliphatic hydroxyl groups excluding tert-OH is 1. The molecule has 2 aliphatic heterocycles. The van der Waals surface area contributed by atoms with Crippen molar-refractivity contribution < 1.29 is 5.11 Å². The molecule has 0 aliphatic carbocycles. The van der Waals surface area contributed by atoms with E-state index < -0.39 is 0 Å². The number of rotatable bonds is 5. The van der Waals surface area contributed by atoms with Gasteiger partial charge in [-0.15, -0.1) is 0 Å². The Morgan fingerprint density at radius 1 is 1.15 bits per heavy atom. The first kappa shape index (κ1) is 14.0. The molecule has 2 fully saturated rings. The van der Waals surface area contributed by atoms with Crippen LogP contribution in [0, 0.1) is 0 Å². The molecule has 5 nitrogen and oxygen atoms in total. The molecular weight excluding hydrogens is 252 g/mol. The lowest BCUT2D eigenvalue weighted by Crippen LogP contribution is -2.49. The quantitative estimate of drug-likeness (QED) is 0.865. The van der Waals surface area contributed by atoms with Crippen LogP contribution in [-0.2, 0) is 6.54 Å². The fourth-order valence-electron chi connectivity index (χ4n) is 3.58. The molecule has 20 heavy (non-hydrogen) atoms. The number of aromatic nitrogens is 2. The molecule has 1 aromatic rings. The van der Waals surface area contributed by atoms with E-state index in [4.69, 9.17) is 0 Å². The monoisotopic (exact) mass is 278 g/mol. The summed E-state index contributed by atoms with van der Waals surface area (Å²) < 4.78 is 1.81. The van der Waals surface area contributed by atoms with E-state index in [1.807, 2.05) is 16.9 Å². The van der Waals surface area contributed by atoms with Gasteiger partial charge in [0.05, 0.1) is 12.6 Å². The van der Waals surface area contributed by atoms with E-state index >= 15 is 0 Å². The summed E-state index contributed by atoms with van der Waals surface area (Å²) >= 11 is 0. The second-order valence-corrected chi connectivity index (χ2v) is 6.18. The Hall–Kier alpha value is -0.910. The molecule has 0 saturated carbocycles. The van der Waals surface area contributed by atoms with Crippen LogP contribution in [0.15, 0.2) is 18.5 Å². The Labute approximate surface area is 121 Å². The highest BCUT2D eigenvalue weighted by molar-refractivity contribution is 4.84. The van der Waals surface area contributed by atoms with Gasteiger partial charge in [0.1, 0.15) is 0 Å². The first-order valence-corrected chi connectivity index (χ1v) is 7.93. The molecule has 5 heteroatoms. The Bertz CT molecular complexity index is 389. The first-order valence-electron chi connectivity index (χ1n) is 7.93. The number of hydrogen-bond donors (Lipinski definition) is 1. The van der Waals surface area contributed by atoms with Crippen molar-refractivity contribution in [2.45, 2.75) is 44.4 Å². The van der Waals surface area contributed by atoms with Gasteiger partial charge in [0.15, 0.2) is 0 Å². The normalized spacial score (nSPS) is 26.9. The number of nitrogens with zero attached hydrogens (tertiary/aromatic N) is 4. The van der Waals surface area contributed by atoms with Crippen LogP contribution in [0.5, 0.6) is 0 Å². The van der Waals surface area contributed by atoms with E-state index in [2.05, 4.69) is 14.9 Å². The molecule has 1 N–H and O–H groups in total. The summed E-state index contributed by atoms with van der Waals surface area (Å²) in [5.74, 6) is 0. The van der Waals surface area contributed by atoms with Crippen LogP contribution in [0.2, 0.25) is 0 Å². The van der Waals surface area contributed by atoms with Crippen LogP contribution in [0.25, 0.3) is 0 Å². The van der Waals surface area contributed by atoms with Gasteiger partial charge in [-0.3, -0.25) is 14.5 Å². The highest BCUT2D eigenvalue weighted by Gasteiger charge is 2.27. The smallest absolute Gasteiger partial charge is 0.0862 e. The van der Waals surface area contributed by atoms with Gasteiger partial charge < -0.3 is 5.11 Å². The molecule has 0 unspecified atom stereocenters. The van der Waals surface area contributed by atoms with Crippen LogP contribution in [0.3, 0.4) is 0 Å². The first-order chi connectivity index (χ1) is 9.81. The second-order valence-electron chi connectivity index (χ2n) is 6.18. The summed E-state index contributed by atoms with van der Waals surface area (Å²) in [7, 11) is 0. The molecule has 2 aliphatic rings. The lowest BCUT2D eigenvalue weighted by atomic mass is 10.0. The molecule has 2 saturated heterocycles. The van der Waals surface area contributed by atoms with Crippen molar-refractivity contribution in [3.63, 3.8) is 0 Å². The summed E-state index contributed by atoms with van der Waals surface area (Å²) in [5.41, 5.74) is 0. The van der Waals surface area contributed by atoms with Crippen molar-refractivity contribution in [3.8, 4) is 0 Å². The van der Waals surface area contributed by atoms with Gasteiger partial charge in [-0.05, 0) is 51.4 Å². The van der Waals surface area contributed by atoms with Crippen molar-refractivity contribution in [2.24, 2.45) is 0 Å². The Morgan fingerprint density at radius 3 is 2.75 bits per heavy atom. The molecule has 0 bridgehead atoms. The standard InChI is InChI=1S/C15H26N4O/c20-15(13-19-10-4-6-16-19)12-17-7-3-5-14(11-17)18-8-1-2-9-18/h4,6,10,14-15,20H,1-3,5,7-9,11-13H2/t14-,15-/m1/s1. The van der Waals surface area contributed by atoms with Gasteiger partial charge in [-0.1, -0.05) is 0 Å². The van der Waals surface area contributed by atoms with Crippen molar-refractivity contribution in [1.82, 2.24) is 19.6 Å². The lowest BCUT2D eigenvalue weighted by molar-refractivity contribution is 0.0563. The van der Waals surface area contributed by atoms with Crippen molar-refractivity contribution in [1.29, 1.82) is 0 Å². The Kier molecular flexibility index (Phi) is 4.70. The number of aliphatic hydroxyl groups is 1. The molecule has 0 aromatic carbocycles. The molecule has 0 radical (unpaired) electrons. The molecule has 3 rings (SSSR count). The fraction of sp³-hybridized carbons (Fsp3) is 0.800. The van der Waals surface area contributed by atoms with Gasteiger partial charge in [0.25, 0.3) is 0 Å². The fourth-order valence-corrected chi connectivity index (χ4v) is 3.58. The van der Waals surface area contributed by atoms with E-state index in [1.165, 1.54) is 38.8 Å². The van der Waals surface area contributed by atoms with Crippen molar-refractivity contribution in [3.05, 3.63) is 18.5 Å². The predicted molar refractivity (Wildman–Crippen MR) is 78.5 cm³/mol. The van der Waals surface area contributed by atoms with Gasteiger partial charge in [0, 0.05) is 31.5 Å². The van der Waals surface area contributed by atoms with Crippen LogP contribution in [0.4, 0.5) is 0 Å². The zero-order valence-electron chi connectivity index (χ0n) is 12.2. The average molecular weight is 278 g/mol. The van der Waals surface area contributed by atoms with E-state index in [1.54, 1.807) is 6.20 Å². The maximum Gasteiger partial charge on any atom is 0.0862 e. The number of hydrogen-bond acceptors (Lipinski definition) is 4. The summed E-state index contributed by atoms with van der Waals surface area (Å²) in [4.78, 5) is 5.08. The maximum atomic E-state index is 10.2. The lowest BCUT2D eigenvalue weighted by Gasteiger charge is -2.38. The number of β-amino-alcohol motifs (C(OH)–C–C–N with tert-alkyl or cyclic N) is 1. The molecule has 3 heterocycles. The Balaban J connectivity index is 1.46. The average Bonchev–Trinajstić information content (AvgIpc) is 3.11. The predicted octanol–water partition coefficient (Wildman–Crippen LogP) is 0.804. The summed E-state index contributed by atoms with van der Waals surface area (Å²) in [6.07, 6.45) is 8.65. The molecular formula is C15H26N4O. The second kappa shape index (κ2) is 6.70. The third-order valence-electron chi connectivity index (χ3n) is 4.56. The van der Waals surface area contributed by atoms with Crippen molar-refractivity contribution >= 4 is 0 Å². The van der Waals surface area contributed by atoms with Crippen molar-refractivity contribution in [2.75, 3.05) is 32.7 Å². The third kappa shape index (κ3) is 3.59. The van der Waals surface area contributed by atoms with Crippen LogP contribution in [0.1, 0.15) is 25.7 Å². The van der Waals surface area contributed by atoms with Crippen LogP contribution >= 0.6 is 0 Å². The van der Waals surface area contributed by atoms with Gasteiger partial charge in [-0.2, -0.15) is 5.10 Å². The van der Waals surface area contributed by atoms with Crippen LogP contribution in [-0.4, -0.2) is 69.6 Å². The SMILES string of the molecule is O[C@H](CN1CCC[C@@H](N2CCCC2)C1)Cn1cccn1. The minimum Gasteiger partial charge on any atom is -0.390 e. The zero-order chi connectivity index (χ0) is 13.8. The van der Waals surface area contributed by atoms with E-state index in [0.717, 1.165) is 19.6 Å². The Morgan fingerprint density at radius 2 is 2.00 bits per heavy atom. The van der Waals surface area contributed by atoms with Gasteiger partial charge in [0.2, 0.25) is 0 Å². The van der Waals surface area contributed by atoms with E-state index in [9.17, 15) is 5.11 Å². The maximum absolute atomic E-state index is 10.2. The zero-order valence-corrected chi connectivity index (χ0v) is 12.2. The number of likely N-dealkylation sites (tertiary alicyclic amines) is 2. The minimum atomic E-state index is -0.327. The summed E-state index contributed by atoms with van der Waals surface area (Å²) in [5, 5.41) is 14.4. The largest absolute Gasteiger partial charge is 0.390 e. The third-order valence-corrected chi connectivity index (χ3v) is 4.56. The van der Waals surface area contributed by atoms with Gasteiger partial charge >= 0.3 is 0 Å². The molecule has 0 amide bonds. The summed E-state index contributed by atoms with van der Waals surface area (Å²) in [6.45, 7) is 6.15. The molecule has 0 spiro atoms. The van der Waals surface area contributed by atoms with E-state index in [0.29, 0.717) is 12.6 Å². The highest BCUT2D eigenvalue weighted by Crippen LogP contribution is 2.20. The van der Waals surface area contributed by atoms with Gasteiger partial charge in [-0.25, -0.2) is 0 Å². The van der Waals surface area contributed by atoms with E-state index in [-0.39, 0.29) is 6.10 Å². The summed E-state index contributed by atoms with van der Waals surface area (Å²) in [6, 6.07) is 2.61. The molecule has 1 aromatic heterocycles. The highest BCUT2D eigenvalue weighted by atomic mass is 16.3. The van der Waals surface area contributed by atoms with Crippen LogP contribution < -0.4 is 0 Å². The topological polar surface area (TPSA) is 44.5 Å². The molecule has 112 valence electrons. The number of piperidine rings is 1.